The molecule has 1 aromatic rings. The highest BCUT2D eigenvalue weighted by molar-refractivity contribution is 7.91. The number of carbonyl (C=O) groups excluding carboxylic acids is 1. The molecule has 1 atom stereocenters. The summed E-state index contributed by atoms with van der Waals surface area (Å²) in [6.45, 7) is 1.80. The van der Waals surface area contributed by atoms with Crippen molar-refractivity contribution >= 4 is 15.7 Å². The van der Waals surface area contributed by atoms with Crippen molar-refractivity contribution in [2.24, 2.45) is 0 Å². The molecule has 1 heterocycles. The first-order chi connectivity index (χ1) is 8.96. The van der Waals surface area contributed by atoms with Crippen molar-refractivity contribution in [2.75, 3.05) is 18.1 Å². The zero-order valence-corrected chi connectivity index (χ0v) is 11.6. The van der Waals surface area contributed by atoms with Crippen molar-refractivity contribution < 1.29 is 17.9 Å². The summed E-state index contributed by atoms with van der Waals surface area (Å²) in [5.74, 6) is 0.557. The van der Waals surface area contributed by atoms with E-state index in [0.29, 0.717) is 12.2 Å². The second-order valence-electron chi connectivity index (χ2n) is 4.72. The Balaban J connectivity index is 1.81. The standard InChI is InChI=1S/C13H17NO4S/c1-10-4-2-3-5-12(10)18-8-13(15)14-11-6-7-19(16,17)9-11/h2-5,11H,6-9H2,1H3,(H,14,15)/t11-/m0/s1. The van der Waals surface area contributed by atoms with Crippen molar-refractivity contribution in [3.05, 3.63) is 29.8 Å². The molecule has 19 heavy (non-hydrogen) atoms. The van der Waals surface area contributed by atoms with E-state index in [1.165, 1.54) is 0 Å². The fourth-order valence-corrected chi connectivity index (χ4v) is 3.71. The summed E-state index contributed by atoms with van der Waals surface area (Å²) in [7, 11) is -2.97. The average Bonchev–Trinajstić information content (AvgIpc) is 2.67. The molecule has 0 bridgehead atoms. The summed E-state index contributed by atoms with van der Waals surface area (Å²) in [4.78, 5) is 11.7. The lowest BCUT2D eigenvalue weighted by Gasteiger charge is -2.12. The third-order valence-corrected chi connectivity index (χ3v) is 4.82. The Morgan fingerprint density at radius 2 is 2.16 bits per heavy atom. The number of para-hydroxylation sites is 1. The van der Waals surface area contributed by atoms with Crippen LogP contribution in [0.1, 0.15) is 12.0 Å². The van der Waals surface area contributed by atoms with Crippen LogP contribution in [0.2, 0.25) is 0 Å². The number of ether oxygens (including phenoxy) is 1. The molecule has 1 N–H and O–H groups in total. The Hall–Kier alpha value is -1.56. The smallest absolute Gasteiger partial charge is 0.258 e. The molecule has 5 nitrogen and oxygen atoms in total. The van der Waals surface area contributed by atoms with E-state index >= 15 is 0 Å². The number of hydrogen-bond acceptors (Lipinski definition) is 4. The monoisotopic (exact) mass is 283 g/mol. The predicted octanol–water partition coefficient (Wildman–Crippen LogP) is 0.677. The van der Waals surface area contributed by atoms with Gasteiger partial charge in [0, 0.05) is 6.04 Å². The maximum Gasteiger partial charge on any atom is 0.258 e. The largest absolute Gasteiger partial charge is 0.484 e. The summed E-state index contributed by atoms with van der Waals surface area (Å²) < 4.78 is 27.9. The van der Waals surface area contributed by atoms with Crippen LogP contribution in [0.5, 0.6) is 5.75 Å². The minimum absolute atomic E-state index is 0.0309. The zero-order chi connectivity index (χ0) is 13.9. The minimum atomic E-state index is -2.97. The van der Waals surface area contributed by atoms with E-state index in [0.717, 1.165) is 5.56 Å². The van der Waals surface area contributed by atoms with Gasteiger partial charge in [-0.05, 0) is 25.0 Å². The van der Waals surface area contributed by atoms with E-state index < -0.39 is 9.84 Å². The van der Waals surface area contributed by atoms with E-state index in [1.54, 1.807) is 6.07 Å². The van der Waals surface area contributed by atoms with Gasteiger partial charge in [0.05, 0.1) is 11.5 Å². The maximum absolute atomic E-state index is 11.7. The fourth-order valence-electron chi connectivity index (χ4n) is 2.04. The third-order valence-electron chi connectivity index (χ3n) is 3.05. The molecule has 104 valence electrons. The van der Waals surface area contributed by atoms with Crippen LogP contribution in [0.4, 0.5) is 0 Å². The van der Waals surface area contributed by atoms with Crippen LogP contribution >= 0.6 is 0 Å². The van der Waals surface area contributed by atoms with Gasteiger partial charge < -0.3 is 10.1 Å². The normalized spacial score (nSPS) is 21.0. The molecule has 6 heteroatoms. The van der Waals surface area contributed by atoms with Crippen molar-refractivity contribution in [1.82, 2.24) is 5.32 Å². The zero-order valence-electron chi connectivity index (χ0n) is 10.8. The first-order valence-electron chi connectivity index (χ1n) is 6.14. The molecule has 1 aromatic carbocycles. The average molecular weight is 283 g/mol. The molecule has 0 unspecified atom stereocenters. The van der Waals surface area contributed by atoms with Crippen LogP contribution < -0.4 is 10.1 Å². The van der Waals surface area contributed by atoms with Crippen LogP contribution in [0, 0.1) is 6.92 Å². The lowest BCUT2D eigenvalue weighted by Crippen LogP contribution is -2.38. The van der Waals surface area contributed by atoms with Crippen LogP contribution in [0.15, 0.2) is 24.3 Å². The van der Waals surface area contributed by atoms with Gasteiger partial charge in [-0.2, -0.15) is 0 Å². The Morgan fingerprint density at radius 1 is 1.42 bits per heavy atom. The topological polar surface area (TPSA) is 72.5 Å². The van der Waals surface area contributed by atoms with Crippen LogP contribution in [-0.4, -0.2) is 38.5 Å². The van der Waals surface area contributed by atoms with Gasteiger partial charge in [0.1, 0.15) is 5.75 Å². The van der Waals surface area contributed by atoms with Gasteiger partial charge in [-0.15, -0.1) is 0 Å². The minimum Gasteiger partial charge on any atom is -0.484 e. The highest BCUT2D eigenvalue weighted by atomic mass is 32.2. The van der Waals surface area contributed by atoms with E-state index in [-0.39, 0.29) is 30.1 Å². The van der Waals surface area contributed by atoms with Crippen molar-refractivity contribution in [3.63, 3.8) is 0 Å². The Bertz CT molecular complexity index is 568. The molecule has 0 aromatic heterocycles. The van der Waals surface area contributed by atoms with Gasteiger partial charge in [-0.3, -0.25) is 4.79 Å². The van der Waals surface area contributed by atoms with Gasteiger partial charge in [-0.1, -0.05) is 18.2 Å². The summed E-state index contributed by atoms with van der Waals surface area (Å²) in [6, 6.07) is 7.15. The molecular formula is C13H17NO4S. The van der Waals surface area contributed by atoms with Gasteiger partial charge in [0.15, 0.2) is 16.4 Å². The second-order valence-corrected chi connectivity index (χ2v) is 6.95. The van der Waals surface area contributed by atoms with Crippen molar-refractivity contribution in [2.45, 2.75) is 19.4 Å². The third kappa shape index (κ3) is 3.96. The molecule has 0 aliphatic carbocycles. The van der Waals surface area contributed by atoms with E-state index in [4.69, 9.17) is 4.74 Å². The van der Waals surface area contributed by atoms with Gasteiger partial charge in [0.25, 0.3) is 5.91 Å². The van der Waals surface area contributed by atoms with Crippen LogP contribution in [0.3, 0.4) is 0 Å². The van der Waals surface area contributed by atoms with Gasteiger partial charge in [-0.25, -0.2) is 8.42 Å². The number of amides is 1. The number of hydrogen-bond donors (Lipinski definition) is 1. The Kier molecular flexibility index (Phi) is 4.09. The summed E-state index contributed by atoms with van der Waals surface area (Å²) in [6.07, 6.45) is 0.485. The second kappa shape index (κ2) is 5.61. The highest BCUT2D eigenvalue weighted by Gasteiger charge is 2.28. The highest BCUT2D eigenvalue weighted by Crippen LogP contribution is 2.16. The molecular weight excluding hydrogens is 266 g/mol. The molecule has 0 radical (unpaired) electrons. The van der Waals surface area contributed by atoms with Crippen molar-refractivity contribution in [3.8, 4) is 5.75 Å². The summed E-state index contributed by atoms with van der Waals surface area (Å²) in [5.41, 5.74) is 0.957. The number of rotatable bonds is 4. The Labute approximate surface area is 112 Å². The SMILES string of the molecule is Cc1ccccc1OCC(=O)N[C@H]1CCS(=O)(=O)C1. The van der Waals surface area contributed by atoms with Gasteiger partial charge in [0.2, 0.25) is 0 Å². The quantitative estimate of drug-likeness (QED) is 0.882. The van der Waals surface area contributed by atoms with E-state index in [2.05, 4.69) is 5.32 Å². The molecule has 0 spiro atoms. The van der Waals surface area contributed by atoms with Crippen molar-refractivity contribution in [1.29, 1.82) is 0 Å². The van der Waals surface area contributed by atoms with E-state index in [9.17, 15) is 13.2 Å². The fraction of sp³-hybridized carbons (Fsp3) is 0.462. The first-order valence-corrected chi connectivity index (χ1v) is 7.97. The lowest BCUT2D eigenvalue weighted by atomic mass is 10.2. The number of nitrogens with one attached hydrogen (secondary N) is 1. The molecule has 1 aliphatic rings. The van der Waals surface area contributed by atoms with Crippen LogP contribution in [-0.2, 0) is 14.6 Å². The predicted molar refractivity (Wildman–Crippen MR) is 71.9 cm³/mol. The lowest BCUT2D eigenvalue weighted by molar-refractivity contribution is -0.123. The molecule has 0 saturated carbocycles. The number of benzene rings is 1. The number of sulfone groups is 1. The molecule has 2 rings (SSSR count). The summed E-state index contributed by atoms with van der Waals surface area (Å²) in [5, 5.41) is 2.68. The number of carbonyl (C=O) groups is 1. The van der Waals surface area contributed by atoms with Gasteiger partial charge >= 0.3 is 0 Å². The first kappa shape index (κ1) is 13.9. The molecule has 1 amide bonds. The van der Waals surface area contributed by atoms with E-state index in [1.807, 2.05) is 25.1 Å². The molecule has 1 aliphatic heterocycles. The molecule has 1 saturated heterocycles. The number of aryl methyl sites for hydroxylation is 1. The van der Waals surface area contributed by atoms with Crippen LogP contribution in [0.25, 0.3) is 0 Å². The maximum atomic E-state index is 11.7. The molecule has 1 fully saturated rings. The summed E-state index contributed by atoms with van der Waals surface area (Å²) >= 11 is 0. The Morgan fingerprint density at radius 3 is 2.79 bits per heavy atom.